The van der Waals surface area contributed by atoms with Crippen LogP contribution >= 0.6 is 11.3 Å². The van der Waals surface area contributed by atoms with Crippen molar-refractivity contribution >= 4 is 21.4 Å². The van der Waals surface area contributed by atoms with Crippen LogP contribution in [0, 0.1) is 0 Å². The minimum Gasteiger partial charge on any atom is -0.493 e. The fraction of sp³-hybridized carbons (Fsp3) is 0.286. The highest BCUT2D eigenvalue weighted by atomic mass is 32.2. The third kappa shape index (κ3) is 3.96. The second kappa shape index (κ2) is 6.93. The van der Waals surface area contributed by atoms with E-state index in [4.69, 9.17) is 9.47 Å². The number of nitrogens with one attached hydrogen (secondary N) is 1. The second-order valence-electron chi connectivity index (χ2n) is 4.30. The van der Waals surface area contributed by atoms with Gasteiger partial charge in [0.25, 0.3) is 0 Å². The maximum absolute atomic E-state index is 12.2. The van der Waals surface area contributed by atoms with Gasteiger partial charge in [0.1, 0.15) is 0 Å². The molecule has 0 bridgehead atoms. The van der Waals surface area contributed by atoms with Crippen molar-refractivity contribution in [2.75, 3.05) is 20.8 Å². The van der Waals surface area contributed by atoms with Crippen LogP contribution in [0.5, 0.6) is 11.5 Å². The van der Waals surface area contributed by atoms with Crippen LogP contribution in [0.2, 0.25) is 0 Å². The summed E-state index contributed by atoms with van der Waals surface area (Å²) in [7, 11) is -0.578. The van der Waals surface area contributed by atoms with E-state index in [0.717, 1.165) is 5.56 Å². The van der Waals surface area contributed by atoms with E-state index in [1.807, 2.05) is 16.8 Å². The minimum absolute atomic E-state index is 0.158. The highest BCUT2D eigenvalue weighted by molar-refractivity contribution is 7.89. The van der Waals surface area contributed by atoms with Gasteiger partial charge in [0.15, 0.2) is 11.5 Å². The number of rotatable bonds is 7. The Hall–Kier alpha value is -1.57. The highest BCUT2D eigenvalue weighted by Gasteiger charge is 2.16. The summed E-state index contributed by atoms with van der Waals surface area (Å²) in [5.41, 5.74) is 1.12. The molecule has 0 fully saturated rings. The summed E-state index contributed by atoms with van der Waals surface area (Å²) < 4.78 is 37.2. The van der Waals surface area contributed by atoms with Crippen LogP contribution in [0.4, 0.5) is 0 Å². The summed E-state index contributed by atoms with van der Waals surface area (Å²) in [4.78, 5) is 0.158. The van der Waals surface area contributed by atoms with Crippen LogP contribution in [0.25, 0.3) is 0 Å². The summed E-state index contributed by atoms with van der Waals surface area (Å²) in [6.45, 7) is 0.355. The zero-order chi connectivity index (χ0) is 15.3. The molecule has 0 unspecified atom stereocenters. The molecule has 0 aliphatic heterocycles. The number of benzene rings is 1. The van der Waals surface area contributed by atoms with Gasteiger partial charge in [-0.2, -0.15) is 11.3 Å². The van der Waals surface area contributed by atoms with Crippen molar-refractivity contribution in [3.63, 3.8) is 0 Å². The molecule has 0 saturated heterocycles. The average Bonchev–Trinajstić information content (AvgIpc) is 2.99. The Kier molecular flexibility index (Phi) is 5.22. The number of ether oxygens (including phenoxy) is 2. The third-order valence-electron chi connectivity index (χ3n) is 2.95. The zero-order valence-electron chi connectivity index (χ0n) is 11.8. The van der Waals surface area contributed by atoms with Crippen molar-refractivity contribution in [3.05, 3.63) is 40.6 Å². The van der Waals surface area contributed by atoms with Crippen LogP contribution in [-0.4, -0.2) is 29.2 Å². The van der Waals surface area contributed by atoms with Crippen LogP contribution in [0.3, 0.4) is 0 Å². The Morgan fingerprint density at radius 1 is 1.14 bits per heavy atom. The van der Waals surface area contributed by atoms with Gasteiger partial charge in [-0.25, -0.2) is 13.1 Å². The van der Waals surface area contributed by atoms with Crippen LogP contribution in [0.15, 0.2) is 39.9 Å². The standard InChI is InChI=1S/C14H17NO4S2/c1-18-13-4-3-12(9-14(13)19-2)21(16,17)15-7-5-11-6-8-20-10-11/h3-4,6,8-10,15H,5,7H2,1-2H3. The predicted octanol–water partition coefficient (Wildman–Crippen LogP) is 2.29. The SMILES string of the molecule is COc1ccc(S(=O)(=O)NCCc2ccsc2)cc1OC. The van der Waals surface area contributed by atoms with Crippen molar-refractivity contribution in [1.82, 2.24) is 4.72 Å². The molecular weight excluding hydrogens is 310 g/mol. The van der Waals surface area contributed by atoms with Gasteiger partial charge in [0.2, 0.25) is 10.0 Å². The molecule has 2 aromatic rings. The quantitative estimate of drug-likeness (QED) is 0.847. The second-order valence-corrected chi connectivity index (χ2v) is 6.84. The summed E-state index contributed by atoms with van der Waals surface area (Å²) in [5, 5.41) is 3.98. The summed E-state index contributed by atoms with van der Waals surface area (Å²) in [5.74, 6) is 0.882. The van der Waals surface area contributed by atoms with Gasteiger partial charge in [-0.15, -0.1) is 0 Å². The van der Waals surface area contributed by atoms with E-state index in [-0.39, 0.29) is 4.90 Å². The molecule has 1 heterocycles. The molecule has 0 aliphatic carbocycles. The van der Waals surface area contributed by atoms with Crippen LogP contribution in [-0.2, 0) is 16.4 Å². The van der Waals surface area contributed by atoms with Gasteiger partial charge >= 0.3 is 0 Å². The van der Waals surface area contributed by atoms with E-state index in [2.05, 4.69) is 4.72 Å². The van der Waals surface area contributed by atoms with E-state index >= 15 is 0 Å². The lowest BCUT2D eigenvalue weighted by Crippen LogP contribution is -2.25. The molecule has 1 aromatic heterocycles. The molecule has 2 rings (SSSR count). The Balaban J connectivity index is 2.08. The van der Waals surface area contributed by atoms with Crippen LogP contribution < -0.4 is 14.2 Å². The molecule has 7 heteroatoms. The molecule has 1 N–H and O–H groups in total. The average molecular weight is 327 g/mol. The predicted molar refractivity (Wildman–Crippen MR) is 82.8 cm³/mol. The first-order valence-corrected chi connectivity index (χ1v) is 8.72. The maximum atomic E-state index is 12.2. The molecule has 1 aromatic carbocycles. The van der Waals surface area contributed by atoms with Crippen molar-refractivity contribution < 1.29 is 17.9 Å². The molecule has 21 heavy (non-hydrogen) atoms. The Morgan fingerprint density at radius 2 is 1.90 bits per heavy atom. The van der Waals surface area contributed by atoms with Crippen molar-refractivity contribution in [2.45, 2.75) is 11.3 Å². The summed E-state index contributed by atoms with van der Waals surface area (Å²) >= 11 is 1.60. The monoisotopic (exact) mass is 327 g/mol. The van der Waals surface area contributed by atoms with E-state index in [1.54, 1.807) is 17.4 Å². The Labute approximate surface area is 128 Å². The fourth-order valence-electron chi connectivity index (χ4n) is 1.83. The van der Waals surface area contributed by atoms with Crippen molar-refractivity contribution in [1.29, 1.82) is 0 Å². The lowest BCUT2D eigenvalue weighted by atomic mass is 10.2. The van der Waals surface area contributed by atoms with Gasteiger partial charge in [-0.1, -0.05) is 0 Å². The molecule has 0 atom stereocenters. The molecule has 0 amide bonds. The largest absolute Gasteiger partial charge is 0.493 e. The van der Waals surface area contributed by atoms with Crippen molar-refractivity contribution in [3.8, 4) is 11.5 Å². The van der Waals surface area contributed by atoms with Gasteiger partial charge in [-0.05, 0) is 40.9 Å². The van der Waals surface area contributed by atoms with Gasteiger partial charge < -0.3 is 9.47 Å². The Bertz CT molecular complexity index is 681. The maximum Gasteiger partial charge on any atom is 0.240 e. The lowest BCUT2D eigenvalue weighted by Gasteiger charge is -2.10. The smallest absolute Gasteiger partial charge is 0.240 e. The van der Waals surface area contributed by atoms with E-state index < -0.39 is 10.0 Å². The molecule has 114 valence electrons. The molecule has 0 radical (unpaired) electrons. The van der Waals surface area contributed by atoms with Crippen LogP contribution in [0.1, 0.15) is 5.56 Å². The number of thiophene rings is 1. The summed E-state index contributed by atoms with van der Waals surface area (Å²) in [6, 6.07) is 6.50. The fourth-order valence-corrected chi connectivity index (χ4v) is 3.58. The molecule has 5 nitrogen and oxygen atoms in total. The minimum atomic E-state index is -3.55. The van der Waals surface area contributed by atoms with Gasteiger partial charge in [-0.3, -0.25) is 0 Å². The number of hydrogen-bond donors (Lipinski definition) is 1. The first-order valence-electron chi connectivity index (χ1n) is 6.29. The van der Waals surface area contributed by atoms with E-state index in [0.29, 0.717) is 24.5 Å². The first kappa shape index (κ1) is 15.8. The Morgan fingerprint density at radius 3 is 2.52 bits per heavy atom. The lowest BCUT2D eigenvalue weighted by molar-refractivity contribution is 0.354. The van der Waals surface area contributed by atoms with Crippen molar-refractivity contribution in [2.24, 2.45) is 0 Å². The highest BCUT2D eigenvalue weighted by Crippen LogP contribution is 2.29. The first-order chi connectivity index (χ1) is 10.1. The third-order valence-corrected chi connectivity index (χ3v) is 5.14. The van der Waals surface area contributed by atoms with Gasteiger partial charge in [0.05, 0.1) is 19.1 Å². The molecule has 0 aliphatic rings. The number of sulfonamides is 1. The summed E-state index contributed by atoms with van der Waals surface area (Å²) in [6.07, 6.45) is 0.663. The molecular formula is C14H17NO4S2. The normalized spacial score (nSPS) is 11.3. The molecule has 0 saturated carbocycles. The van der Waals surface area contributed by atoms with E-state index in [9.17, 15) is 8.42 Å². The molecule has 0 spiro atoms. The number of hydrogen-bond acceptors (Lipinski definition) is 5. The topological polar surface area (TPSA) is 64.6 Å². The zero-order valence-corrected chi connectivity index (χ0v) is 13.5. The van der Waals surface area contributed by atoms with Gasteiger partial charge in [0, 0.05) is 12.6 Å². The number of methoxy groups -OCH3 is 2. The van der Waals surface area contributed by atoms with E-state index in [1.165, 1.54) is 26.4 Å².